The molecule has 1 aromatic carbocycles. The van der Waals surface area contributed by atoms with Crippen molar-refractivity contribution < 1.29 is 19.0 Å². The van der Waals surface area contributed by atoms with Crippen LogP contribution in [-0.4, -0.2) is 32.1 Å². The number of nitrogens with zero attached hydrogens (tertiary/aromatic N) is 1. The Labute approximate surface area is 124 Å². The first-order valence-corrected chi connectivity index (χ1v) is 6.30. The zero-order chi connectivity index (χ0) is 15.9. The molecule has 1 aliphatic heterocycles. The molecule has 1 aliphatic rings. The standard InChI is InChI=1S/C11H7NO2.C5H10O2/c1-3-8-4-5-10(11(13)14-2)9(6-8)7-12;1-5(2)6-3-4-7-5/h1,4-6H,2H3;3-4H2,1-2H3. The number of carbonyl (C=O) groups is 1. The zero-order valence-corrected chi connectivity index (χ0v) is 12.3. The predicted molar refractivity (Wildman–Crippen MR) is 76.4 cm³/mol. The Morgan fingerprint density at radius 3 is 2.38 bits per heavy atom. The lowest BCUT2D eigenvalue weighted by molar-refractivity contribution is -0.125. The fourth-order valence-electron chi connectivity index (χ4n) is 1.63. The minimum absolute atomic E-state index is 0.229. The van der Waals surface area contributed by atoms with E-state index in [-0.39, 0.29) is 16.9 Å². The third kappa shape index (κ3) is 4.92. The second kappa shape index (κ2) is 7.44. The number of benzene rings is 1. The largest absolute Gasteiger partial charge is 0.465 e. The Kier molecular flexibility index (Phi) is 5.92. The van der Waals surface area contributed by atoms with Crippen molar-refractivity contribution in [3.8, 4) is 18.4 Å². The summed E-state index contributed by atoms with van der Waals surface area (Å²) in [4.78, 5) is 11.2. The molecular formula is C16H17NO4. The molecule has 2 rings (SSSR count). The van der Waals surface area contributed by atoms with Crippen molar-refractivity contribution >= 4 is 5.97 Å². The first kappa shape index (κ1) is 16.7. The van der Waals surface area contributed by atoms with Gasteiger partial charge in [-0.15, -0.1) is 6.42 Å². The van der Waals surface area contributed by atoms with E-state index in [4.69, 9.17) is 21.2 Å². The van der Waals surface area contributed by atoms with E-state index in [1.807, 2.05) is 19.9 Å². The Balaban J connectivity index is 0.000000262. The van der Waals surface area contributed by atoms with Crippen LogP contribution in [0.2, 0.25) is 0 Å². The maximum atomic E-state index is 11.2. The van der Waals surface area contributed by atoms with Crippen LogP contribution in [0.1, 0.15) is 35.3 Å². The smallest absolute Gasteiger partial charge is 0.339 e. The van der Waals surface area contributed by atoms with Gasteiger partial charge in [-0.25, -0.2) is 4.79 Å². The molecule has 0 aliphatic carbocycles. The lowest BCUT2D eigenvalue weighted by Gasteiger charge is -2.13. The number of esters is 1. The van der Waals surface area contributed by atoms with Crippen LogP contribution in [0.25, 0.3) is 0 Å². The molecule has 0 aromatic heterocycles. The van der Waals surface area contributed by atoms with Crippen LogP contribution in [0.15, 0.2) is 18.2 Å². The zero-order valence-electron chi connectivity index (χ0n) is 12.3. The van der Waals surface area contributed by atoms with E-state index in [2.05, 4.69) is 10.7 Å². The molecule has 0 unspecified atom stereocenters. The van der Waals surface area contributed by atoms with Crippen molar-refractivity contribution in [1.82, 2.24) is 0 Å². The summed E-state index contributed by atoms with van der Waals surface area (Å²) in [5.74, 6) is 1.54. The van der Waals surface area contributed by atoms with Crippen LogP contribution in [0.5, 0.6) is 0 Å². The van der Waals surface area contributed by atoms with Crippen LogP contribution in [0.3, 0.4) is 0 Å². The monoisotopic (exact) mass is 287 g/mol. The van der Waals surface area contributed by atoms with E-state index in [0.717, 1.165) is 13.2 Å². The number of rotatable bonds is 1. The summed E-state index contributed by atoms with van der Waals surface area (Å²) in [6.45, 7) is 5.32. The summed E-state index contributed by atoms with van der Waals surface area (Å²) in [7, 11) is 1.26. The highest BCUT2D eigenvalue weighted by molar-refractivity contribution is 5.92. The van der Waals surface area contributed by atoms with Crippen molar-refractivity contribution in [2.24, 2.45) is 0 Å². The second-order valence-corrected chi connectivity index (χ2v) is 4.60. The molecule has 1 heterocycles. The highest BCUT2D eigenvalue weighted by Crippen LogP contribution is 2.15. The lowest BCUT2D eigenvalue weighted by atomic mass is 10.1. The quantitative estimate of drug-likeness (QED) is 0.584. The molecule has 0 atom stereocenters. The van der Waals surface area contributed by atoms with E-state index in [1.54, 1.807) is 6.07 Å². The molecule has 0 spiro atoms. The van der Waals surface area contributed by atoms with Crippen LogP contribution >= 0.6 is 0 Å². The fraction of sp³-hybridized carbons (Fsp3) is 0.375. The number of hydrogen-bond acceptors (Lipinski definition) is 5. The Hall–Kier alpha value is -2.34. The third-order valence-corrected chi connectivity index (χ3v) is 2.69. The SMILES string of the molecule is C#Cc1ccc(C(=O)OC)c(C#N)c1.CC1(C)OCCO1. The summed E-state index contributed by atoms with van der Waals surface area (Å²) in [5.41, 5.74) is 1.02. The molecular weight excluding hydrogens is 270 g/mol. The second-order valence-electron chi connectivity index (χ2n) is 4.60. The van der Waals surface area contributed by atoms with E-state index < -0.39 is 5.97 Å². The van der Waals surface area contributed by atoms with E-state index >= 15 is 0 Å². The maximum absolute atomic E-state index is 11.2. The summed E-state index contributed by atoms with van der Waals surface area (Å²) in [6.07, 6.45) is 5.16. The van der Waals surface area contributed by atoms with Crippen LogP contribution in [0.4, 0.5) is 0 Å². The summed E-state index contributed by atoms with van der Waals surface area (Å²) < 4.78 is 14.7. The Bertz CT molecular complexity index is 585. The van der Waals surface area contributed by atoms with Crippen molar-refractivity contribution in [3.63, 3.8) is 0 Å². The number of hydrogen-bond donors (Lipinski definition) is 0. The van der Waals surface area contributed by atoms with Crippen LogP contribution in [0, 0.1) is 23.7 Å². The molecule has 21 heavy (non-hydrogen) atoms. The van der Waals surface area contributed by atoms with Gasteiger partial charge in [0.1, 0.15) is 6.07 Å². The van der Waals surface area contributed by atoms with Crippen molar-refractivity contribution in [2.45, 2.75) is 19.6 Å². The van der Waals surface area contributed by atoms with Gasteiger partial charge in [0.25, 0.3) is 0 Å². The Morgan fingerprint density at radius 1 is 1.38 bits per heavy atom. The molecule has 5 nitrogen and oxygen atoms in total. The number of ether oxygens (including phenoxy) is 3. The molecule has 0 N–H and O–H groups in total. The highest BCUT2D eigenvalue weighted by Gasteiger charge is 2.23. The van der Waals surface area contributed by atoms with E-state index in [9.17, 15) is 4.79 Å². The van der Waals surface area contributed by atoms with Gasteiger partial charge in [-0.3, -0.25) is 0 Å². The molecule has 1 aromatic rings. The van der Waals surface area contributed by atoms with Crippen LogP contribution in [-0.2, 0) is 14.2 Å². The molecule has 1 fully saturated rings. The lowest BCUT2D eigenvalue weighted by Crippen LogP contribution is -2.18. The molecule has 0 saturated carbocycles. The first-order chi connectivity index (χ1) is 9.93. The molecule has 0 bridgehead atoms. The van der Waals surface area contributed by atoms with Gasteiger partial charge in [0.05, 0.1) is 31.5 Å². The van der Waals surface area contributed by atoms with Crippen LogP contribution < -0.4 is 0 Å². The van der Waals surface area contributed by atoms with Gasteiger partial charge in [-0.1, -0.05) is 5.92 Å². The number of carbonyl (C=O) groups excluding carboxylic acids is 1. The number of nitriles is 1. The molecule has 0 radical (unpaired) electrons. The van der Waals surface area contributed by atoms with Crippen molar-refractivity contribution in [2.75, 3.05) is 20.3 Å². The predicted octanol–water partition coefficient (Wildman–Crippen LogP) is 2.10. The fourth-order valence-corrected chi connectivity index (χ4v) is 1.63. The third-order valence-electron chi connectivity index (χ3n) is 2.69. The molecule has 110 valence electrons. The molecule has 1 saturated heterocycles. The number of methoxy groups -OCH3 is 1. The van der Waals surface area contributed by atoms with E-state index in [0.29, 0.717) is 5.56 Å². The topological polar surface area (TPSA) is 68.6 Å². The van der Waals surface area contributed by atoms with Gasteiger partial charge in [0.15, 0.2) is 5.79 Å². The maximum Gasteiger partial charge on any atom is 0.339 e. The normalized spacial score (nSPS) is 15.1. The minimum Gasteiger partial charge on any atom is -0.465 e. The summed E-state index contributed by atoms with van der Waals surface area (Å²) in [6, 6.07) is 6.44. The van der Waals surface area contributed by atoms with Crippen molar-refractivity contribution in [3.05, 3.63) is 34.9 Å². The average Bonchev–Trinajstić information content (AvgIpc) is 2.90. The van der Waals surface area contributed by atoms with Gasteiger partial charge in [0, 0.05) is 5.56 Å². The minimum atomic E-state index is -0.537. The van der Waals surface area contributed by atoms with Gasteiger partial charge < -0.3 is 14.2 Å². The molecule has 0 amide bonds. The molecule has 5 heteroatoms. The highest BCUT2D eigenvalue weighted by atomic mass is 16.7. The Morgan fingerprint density at radius 2 is 2.00 bits per heavy atom. The van der Waals surface area contributed by atoms with Gasteiger partial charge in [-0.05, 0) is 32.0 Å². The van der Waals surface area contributed by atoms with Gasteiger partial charge >= 0.3 is 5.97 Å². The van der Waals surface area contributed by atoms with E-state index in [1.165, 1.54) is 19.2 Å². The summed E-state index contributed by atoms with van der Waals surface area (Å²) >= 11 is 0. The summed E-state index contributed by atoms with van der Waals surface area (Å²) in [5, 5.41) is 8.76. The first-order valence-electron chi connectivity index (χ1n) is 6.30. The van der Waals surface area contributed by atoms with Crippen molar-refractivity contribution in [1.29, 1.82) is 5.26 Å². The van der Waals surface area contributed by atoms with Gasteiger partial charge in [-0.2, -0.15) is 5.26 Å². The average molecular weight is 287 g/mol. The van der Waals surface area contributed by atoms with Gasteiger partial charge in [0.2, 0.25) is 0 Å². The number of terminal acetylenes is 1.